The predicted octanol–water partition coefficient (Wildman–Crippen LogP) is 3.79. The van der Waals surface area contributed by atoms with E-state index in [0.29, 0.717) is 18.4 Å². The highest BCUT2D eigenvalue weighted by Crippen LogP contribution is 2.47. The Morgan fingerprint density at radius 2 is 1.79 bits per heavy atom. The number of halogens is 1. The number of hydrogen-bond acceptors (Lipinski definition) is 5. The number of fused-ring (bicyclic) bond motifs is 2. The van der Waals surface area contributed by atoms with Crippen LogP contribution in [0.5, 0.6) is 0 Å². The van der Waals surface area contributed by atoms with Crippen molar-refractivity contribution >= 4 is 11.8 Å². The topological polar surface area (TPSA) is 52.5 Å². The van der Waals surface area contributed by atoms with E-state index in [9.17, 15) is 9.50 Å². The largest absolute Gasteiger partial charge is 0.385 e. The zero-order valence-corrected chi connectivity index (χ0v) is 16.9. The lowest BCUT2D eigenvalue weighted by molar-refractivity contribution is -0.00640. The van der Waals surface area contributed by atoms with Gasteiger partial charge in [0.05, 0.1) is 5.60 Å². The summed E-state index contributed by atoms with van der Waals surface area (Å²) in [5.74, 6) is 1.36. The van der Waals surface area contributed by atoms with E-state index in [2.05, 4.69) is 23.6 Å². The normalized spacial score (nSPS) is 26.5. The second-order valence-electron chi connectivity index (χ2n) is 8.05. The lowest BCUT2D eigenvalue weighted by atomic mass is 9.80. The Hall–Kier alpha value is -2.21. The Morgan fingerprint density at radius 1 is 1.14 bits per heavy atom. The van der Waals surface area contributed by atoms with Crippen LogP contribution in [0, 0.1) is 12.7 Å². The van der Waals surface area contributed by atoms with Gasteiger partial charge in [0.25, 0.3) is 0 Å². The number of anilines is 2. The third kappa shape index (κ3) is 3.24. The van der Waals surface area contributed by atoms with E-state index in [0.717, 1.165) is 43.4 Å². The van der Waals surface area contributed by atoms with Crippen LogP contribution < -0.4 is 9.80 Å². The zero-order valence-electron chi connectivity index (χ0n) is 16.9. The SMILES string of the molecule is CCN(CC)c1cc(C)nc(N2[C@@H]3CC[C@H]2CC(O)(c2ccccc2F)C3)n1. The summed E-state index contributed by atoms with van der Waals surface area (Å²) >= 11 is 0. The van der Waals surface area contributed by atoms with E-state index in [1.807, 2.05) is 13.0 Å². The molecule has 1 N–H and O–H groups in total. The van der Waals surface area contributed by atoms with Crippen molar-refractivity contribution in [1.82, 2.24) is 9.97 Å². The van der Waals surface area contributed by atoms with Crippen LogP contribution in [0.1, 0.15) is 50.8 Å². The zero-order chi connectivity index (χ0) is 19.9. The molecular formula is C22H29FN4O. The number of hydrogen-bond donors (Lipinski definition) is 1. The average Bonchev–Trinajstić information content (AvgIpc) is 2.95. The molecular weight excluding hydrogens is 355 g/mol. The van der Waals surface area contributed by atoms with Crippen LogP contribution in [0.25, 0.3) is 0 Å². The van der Waals surface area contributed by atoms with Crippen molar-refractivity contribution in [2.45, 2.75) is 64.1 Å². The molecule has 6 heteroatoms. The smallest absolute Gasteiger partial charge is 0.228 e. The molecule has 2 saturated heterocycles. The third-order valence-electron chi connectivity index (χ3n) is 6.29. The number of aromatic nitrogens is 2. The molecule has 150 valence electrons. The first kappa shape index (κ1) is 19.1. The van der Waals surface area contributed by atoms with Gasteiger partial charge in [0.15, 0.2) is 0 Å². The van der Waals surface area contributed by atoms with Crippen molar-refractivity contribution in [1.29, 1.82) is 0 Å². The van der Waals surface area contributed by atoms with Gasteiger partial charge in [-0.15, -0.1) is 0 Å². The standard InChI is InChI=1S/C22H29FN4O/c1-4-26(5-2)20-12-15(3)24-21(25-20)27-16-10-11-17(27)14-22(28,13-16)18-8-6-7-9-19(18)23/h6-9,12,16-17,28H,4-5,10-11,13-14H2,1-3H3/t16-,17+,22?. The number of rotatable bonds is 5. The van der Waals surface area contributed by atoms with Crippen molar-refractivity contribution < 1.29 is 9.50 Å². The summed E-state index contributed by atoms with van der Waals surface area (Å²) in [5.41, 5.74) is 0.237. The maximum atomic E-state index is 14.4. The number of aliphatic hydroxyl groups is 1. The van der Waals surface area contributed by atoms with Gasteiger partial charge in [0.1, 0.15) is 11.6 Å². The molecule has 1 aromatic carbocycles. The molecule has 0 saturated carbocycles. The Labute approximate surface area is 166 Å². The molecule has 3 heterocycles. The number of nitrogens with zero attached hydrogens (tertiary/aromatic N) is 4. The van der Waals surface area contributed by atoms with Crippen LogP contribution in [-0.4, -0.2) is 40.2 Å². The van der Waals surface area contributed by atoms with Gasteiger partial charge in [0, 0.05) is 55.3 Å². The molecule has 1 unspecified atom stereocenters. The molecule has 4 rings (SSSR count). The van der Waals surface area contributed by atoms with Crippen LogP contribution in [-0.2, 0) is 5.60 Å². The van der Waals surface area contributed by atoms with Crippen molar-refractivity contribution in [2.75, 3.05) is 22.9 Å². The fourth-order valence-electron chi connectivity index (χ4n) is 4.97. The summed E-state index contributed by atoms with van der Waals surface area (Å²) < 4.78 is 14.4. The molecule has 1 aromatic heterocycles. The van der Waals surface area contributed by atoms with E-state index in [1.165, 1.54) is 6.07 Å². The highest BCUT2D eigenvalue weighted by atomic mass is 19.1. The number of piperidine rings is 1. The summed E-state index contributed by atoms with van der Waals surface area (Å²) in [7, 11) is 0. The van der Waals surface area contributed by atoms with Gasteiger partial charge in [-0.3, -0.25) is 0 Å². The Bertz CT molecular complexity index is 840. The van der Waals surface area contributed by atoms with Crippen LogP contribution in [0.3, 0.4) is 0 Å². The van der Waals surface area contributed by atoms with Gasteiger partial charge >= 0.3 is 0 Å². The summed E-state index contributed by atoms with van der Waals surface area (Å²) in [5, 5.41) is 11.3. The fraction of sp³-hybridized carbons (Fsp3) is 0.545. The minimum absolute atomic E-state index is 0.120. The van der Waals surface area contributed by atoms with Gasteiger partial charge in [-0.05, 0) is 39.7 Å². The average molecular weight is 384 g/mol. The highest BCUT2D eigenvalue weighted by molar-refractivity contribution is 5.48. The summed E-state index contributed by atoms with van der Waals surface area (Å²) in [4.78, 5) is 14.1. The van der Waals surface area contributed by atoms with Crippen LogP contribution >= 0.6 is 0 Å². The summed E-state index contributed by atoms with van der Waals surface area (Å²) in [6, 6.07) is 8.88. The van der Waals surface area contributed by atoms with Crippen molar-refractivity contribution in [3.8, 4) is 0 Å². The van der Waals surface area contributed by atoms with E-state index in [4.69, 9.17) is 9.97 Å². The van der Waals surface area contributed by atoms with Gasteiger partial charge in [-0.1, -0.05) is 18.2 Å². The van der Waals surface area contributed by atoms with Crippen LogP contribution in [0.2, 0.25) is 0 Å². The van der Waals surface area contributed by atoms with Gasteiger partial charge in [0.2, 0.25) is 5.95 Å². The quantitative estimate of drug-likeness (QED) is 0.850. The second-order valence-corrected chi connectivity index (χ2v) is 8.05. The van der Waals surface area contributed by atoms with E-state index in [1.54, 1.807) is 18.2 Å². The molecule has 0 amide bonds. The van der Waals surface area contributed by atoms with Crippen LogP contribution in [0.4, 0.5) is 16.2 Å². The van der Waals surface area contributed by atoms with E-state index in [-0.39, 0.29) is 17.9 Å². The minimum atomic E-state index is -1.13. The first-order chi connectivity index (χ1) is 13.4. The maximum Gasteiger partial charge on any atom is 0.228 e. The van der Waals surface area contributed by atoms with E-state index < -0.39 is 5.60 Å². The molecule has 2 fully saturated rings. The third-order valence-corrected chi connectivity index (χ3v) is 6.29. The molecule has 2 bridgehead atoms. The molecule has 0 aliphatic carbocycles. The van der Waals surface area contributed by atoms with Crippen molar-refractivity contribution in [3.63, 3.8) is 0 Å². The molecule has 2 aliphatic rings. The van der Waals surface area contributed by atoms with Gasteiger partial charge in [-0.2, -0.15) is 4.98 Å². The van der Waals surface area contributed by atoms with Crippen molar-refractivity contribution in [2.24, 2.45) is 0 Å². The lowest BCUT2D eigenvalue weighted by Gasteiger charge is -2.44. The second kappa shape index (κ2) is 7.32. The Morgan fingerprint density at radius 3 is 2.39 bits per heavy atom. The van der Waals surface area contributed by atoms with Gasteiger partial charge < -0.3 is 14.9 Å². The molecule has 3 atom stereocenters. The number of benzene rings is 1. The molecule has 28 heavy (non-hydrogen) atoms. The Kier molecular flexibility index (Phi) is 5.00. The van der Waals surface area contributed by atoms with E-state index >= 15 is 0 Å². The van der Waals surface area contributed by atoms with Gasteiger partial charge in [-0.25, -0.2) is 9.37 Å². The molecule has 5 nitrogen and oxygen atoms in total. The monoisotopic (exact) mass is 384 g/mol. The summed E-state index contributed by atoms with van der Waals surface area (Å²) in [6.45, 7) is 8.04. The number of aryl methyl sites for hydroxylation is 1. The summed E-state index contributed by atoms with van der Waals surface area (Å²) in [6.07, 6.45) is 2.95. The predicted molar refractivity (Wildman–Crippen MR) is 109 cm³/mol. The van der Waals surface area contributed by atoms with Crippen LogP contribution in [0.15, 0.2) is 30.3 Å². The first-order valence-electron chi connectivity index (χ1n) is 10.3. The fourth-order valence-corrected chi connectivity index (χ4v) is 4.97. The first-order valence-corrected chi connectivity index (χ1v) is 10.3. The maximum absolute atomic E-state index is 14.4. The molecule has 0 radical (unpaired) electrons. The Balaban J connectivity index is 1.65. The molecule has 2 aliphatic heterocycles. The highest BCUT2D eigenvalue weighted by Gasteiger charge is 2.50. The lowest BCUT2D eigenvalue weighted by Crippen LogP contribution is -2.50. The van der Waals surface area contributed by atoms with Crippen molar-refractivity contribution in [3.05, 3.63) is 47.4 Å². The molecule has 0 spiro atoms. The minimum Gasteiger partial charge on any atom is -0.385 e. The molecule has 2 aromatic rings.